The summed E-state index contributed by atoms with van der Waals surface area (Å²) in [5.74, 6) is -0.0318. The predicted octanol–water partition coefficient (Wildman–Crippen LogP) is 8.50. The van der Waals surface area contributed by atoms with E-state index < -0.39 is 22.3 Å². The van der Waals surface area contributed by atoms with Gasteiger partial charge in [0.15, 0.2) is 0 Å². The number of likely N-dealkylation sites (tertiary alicyclic amines) is 1. The molecule has 0 bridgehead atoms. The van der Waals surface area contributed by atoms with Crippen molar-refractivity contribution in [2.45, 2.75) is 62.2 Å². The number of benzene rings is 2. The van der Waals surface area contributed by atoms with Crippen LogP contribution in [0.15, 0.2) is 89.7 Å². The number of sulfonamides is 1. The number of piperidine rings is 1. The van der Waals surface area contributed by atoms with Crippen LogP contribution in [0.3, 0.4) is 0 Å². The number of aromatic amines is 1. The smallest absolute Gasteiger partial charge is 0.268 e. The summed E-state index contributed by atoms with van der Waals surface area (Å²) >= 11 is 12.8. The number of hydrogen-bond acceptors (Lipinski definition) is 11. The van der Waals surface area contributed by atoms with Crippen molar-refractivity contribution in [2.24, 2.45) is 11.3 Å². The second-order valence-corrected chi connectivity index (χ2v) is 20.4. The van der Waals surface area contributed by atoms with Gasteiger partial charge in [0.25, 0.3) is 15.9 Å². The lowest BCUT2D eigenvalue weighted by Gasteiger charge is -2.43. The molecule has 5 aliphatic rings. The van der Waals surface area contributed by atoms with Crippen molar-refractivity contribution in [3.05, 3.63) is 106 Å². The maximum absolute atomic E-state index is 13.9. The van der Waals surface area contributed by atoms with Crippen LogP contribution in [0.25, 0.3) is 16.6 Å². The topological polar surface area (TPSA) is 142 Å². The number of nitrogens with zero attached hydrogens (tertiary/aromatic N) is 5. The number of piperazine rings is 1. The van der Waals surface area contributed by atoms with E-state index in [9.17, 15) is 17.6 Å². The standard InChI is InChI=1S/C47H50Cl2FN7O6S/c48-34-3-1-31(2-4-34)39-24-47(12-13-47)11-7-33(39)27-55-17-19-56(20-18-55)35-5-6-38(42(22-35)63-36-21-32-8-14-51-44(32)52-25-36)45(58)54-64(59,60)37-23-40(49)46(53-26-37)62-28-30-9-15-57(16-10-30)41-29-61-43(41)50/h1-6,8,14,21-23,25-26,30,41,43H,7,9-13,15-20,24,27-29H2,(H,51,52)(H,54,58). The molecule has 4 fully saturated rings. The van der Waals surface area contributed by atoms with Crippen molar-refractivity contribution >= 4 is 61.4 Å². The highest BCUT2D eigenvalue weighted by molar-refractivity contribution is 7.90. The van der Waals surface area contributed by atoms with Gasteiger partial charge in [0.1, 0.15) is 27.1 Å². The summed E-state index contributed by atoms with van der Waals surface area (Å²) < 4.78 is 60.3. The third-order valence-corrected chi connectivity index (χ3v) is 15.5. The fourth-order valence-corrected chi connectivity index (χ4v) is 10.8. The molecule has 64 heavy (non-hydrogen) atoms. The number of H-pyrrole nitrogens is 1. The van der Waals surface area contributed by atoms with Gasteiger partial charge in [-0.15, -0.1) is 0 Å². The normalized spacial score (nSPS) is 21.8. The van der Waals surface area contributed by atoms with Crippen molar-refractivity contribution in [3.8, 4) is 17.4 Å². The summed E-state index contributed by atoms with van der Waals surface area (Å²) in [4.78, 5) is 32.2. The third-order valence-electron chi connectivity index (χ3n) is 13.7. The van der Waals surface area contributed by atoms with Crippen LogP contribution >= 0.6 is 23.2 Å². The van der Waals surface area contributed by atoms with E-state index in [0.29, 0.717) is 30.0 Å². The summed E-state index contributed by atoms with van der Waals surface area (Å²) in [6.45, 7) is 6.36. The third kappa shape index (κ3) is 9.33. The predicted molar refractivity (Wildman–Crippen MR) is 243 cm³/mol. The van der Waals surface area contributed by atoms with Gasteiger partial charge in [-0.25, -0.2) is 27.5 Å². The van der Waals surface area contributed by atoms with Crippen LogP contribution in [0.2, 0.25) is 10.0 Å². The summed E-state index contributed by atoms with van der Waals surface area (Å²) in [5, 5.41) is 1.56. The molecule has 1 spiro atoms. The minimum absolute atomic E-state index is 0.00937. The van der Waals surface area contributed by atoms with Crippen molar-refractivity contribution in [3.63, 3.8) is 0 Å². The highest BCUT2D eigenvalue weighted by Crippen LogP contribution is 2.59. The zero-order valence-electron chi connectivity index (χ0n) is 35.3. The lowest BCUT2D eigenvalue weighted by Crippen LogP contribution is -2.56. The van der Waals surface area contributed by atoms with Gasteiger partial charge in [-0.3, -0.25) is 14.6 Å². The molecule has 3 saturated heterocycles. The lowest BCUT2D eigenvalue weighted by molar-refractivity contribution is -0.202. The molecule has 2 atom stereocenters. The first-order valence-electron chi connectivity index (χ1n) is 22.0. The molecule has 2 unspecified atom stereocenters. The van der Waals surface area contributed by atoms with Gasteiger partial charge in [0.05, 0.1) is 37.2 Å². The molecule has 3 aromatic heterocycles. The quantitative estimate of drug-likeness (QED) is 0.117. The summed E-state index contributed by atoms with van der Waals surface area (Å²) in [5.41, 5.74) is 6.31. The SMILES string of the molecule is O=C(NS(=O)(=O)c1cnc(OCC2CCN(C3COC3F)CC2)c(Cl)c1)c1ccc(N2CCN(CC3=C(c4ccc(Cl)cc4)CC4(CC3)CC4)CC2)cc1Oc1cnc2[nH]ccc2c1. The molecule has 10 rings (SSSR count). The van der Waals surface area contributed by atoms with Crippen molar-refractivity contribution < 1.29 is 31.8 Å². The van der Waals surface area contributed by atoms with E-state index in [1.165, 1.54) is 42.0 Å². The molecule has 2 aromatic carbocycles. The average Bonchev–Trinajstić information content (AvgIpc) is 3.88. The Morgan fingerprint density at radius 2 is 1.75 bits per heavy atom. The fraction of sp³-hybridized carbons (Fsp3) is 0.426. The average molecular weight is 931 g/mol. The van der Waals surface area contributed by atoms with Gasteiger partial charge in [-0.2, -0.15) is 0 Å². The Hall–Kier alpha value is -4.77. The van der Waals surface area contributed by atoms with Gasteiger partial charge in [-0.05, 0) is 123 Å². The minimum atomic E-state index is -4.43. The van der Waals surface area contributed by atoms with Gasteiger partial charge >= 0.3 is 0 Å². The zero-order valence-corrected chi connectivity index (χ0v) is 37.6. The van der Waals surface area contributed by atoms with Crippen LogP contribution in [0.5, 0.6) is 17.4 Å². The highest BCUT2D eigenvalue weighted by atomic mass is 35.5. The Kier molecular flexibility index (Phi) is 12.1. The Morgan fingerprint density at radius 3 is 2.47 bits per heavy atom. The molecule has 1 saturated carbocycles. The van der Waals surface area contributed by atoms with Crippen LogP contribution in [-0.4, -0.2) is 111 Å². The lowest BCUT2D eigenvalue weighted by atomic mass is 9.78. The molecule has 6 heterocycles. The Bertz CT molecular complexity index is 2680. The number of anilines is 1. The minimum Gasteiger partial charge on any atom is -0.476 e. The second kappa shape index (κ2) is 17.9. The maximum Gasteiger partial charge on any atom is 0.268 e. The monoisotopic (exact) mass is 929 g/mol. The number of pyridine rings is 2. The molecule has 2 N–H and O–H groups in total. The van der Waals surface area contributed by atoms with Gasteiger partial charge in [0.2, 0.25) is 12.2 Å². The van der Waals surface area contributed by atoms with Crippen LogP contribution in [0.1, 0.15) is 60.9 Å². The van der Waals surface area contributed by atoms with E-state index in [2.05, 4.69) is 46.5 Å². The molecule has 1 amide bonds. The summed E-state index contributed by atoms with van der Waals surface area (Å²) in [7, 11) is -4.43. The van der Waals surface area contributed by atoms with Crippen molar-refractivity contribution in [1.29, 1.82) is 0 Å². The number of rotatable bonds is 13. The first-order chi connectivity index (χ1) is 31.0. The maximum atomic E-state index is 13.9. The van der Waals surface area contributed by atoms with Crippen LogP contribution in [0.4, 0.5) is 10.1 Å². The van der Waals surface area contributed by atoms with Crippen LogP contribution in [0, 0.1) is 11.3 Å². The second-order valence-electron chi connectivity index (χ2n) is 17.8. The van der Waals surface area contributed by atoms with Gasteiger partial charge in [-0.1, -0.05) is 40.9 Å². The highest BCUT2D eigenvalue weighted by Gasteiger charge is 2.45. The molecule has 17 heteroatoms. The molecular weight excluding hydrogens is 881 g/mol. The molecule has 0 radical (unpaired) electrons. The number of hydrogen-bond donors (Lipinski definition) is 2. The first kappa shape index (κ1) is 43.1. The number of aromatic nitrogens is 3. The Morgan fingerprint density at radius 1 is 0.953 bits per heavy atom. The number of carbonyl (C=O) groups excluding carboxylic acids is 1. The molecule has 3 aliphatic heterocycles. The molecule has 336 valence electrons. The van der Waals surface area contributed by atoms with Crippen molar-refractivity contribution in [2.75, 3.05) is 63.9 Å². The van der Waals surface area contributed by atoms with E-state index in [0.717, 1.165) is 93.8 Å². The number of allylic oxidation sites excluding steroid dienone is 1. The van der Waals surface area contributed by atoms with E-state index in [1.54, 1.807) is 30.6 Å². The number of ether oxygens (including phenoxy) is 3. The Labute approximate surface area is 381 Å². The van der Waals surface area contributed by atoms with E-state index >= 15 is 0 Å². The largest absolute Gasteiger partial charge is 0.476 e. The zero-order chi connectivity index (χ0) is 44.0. The van der Waals surface area contributed by atoms with E-state index in [1.807, 2.05) is 24.3 Å². The number of amides is 1. The summed E-state index contributed by atoms with van der Waals surface area (Å²) in [6, 6.07) is 18.2. The number of alkyl halides is 1. The van der Waals surface area contributed by atoms with Crippen LogP contribution < -0.4 is 19.1 Å². The fourth-order valence-electron chi connectivity index (χ4n) is 9.48. The molecule has 2 aliphatic carbocycles. The van der Waals surface area contributed by atoms with Gasteiger partial charge in [0, 0.05) is 61.1 Å². The van der Waals surface area contributed by atoms with E-state index in [4.69, 9.17) is 37.4 Å². The first-order valence-corrected chi connectivity index (χ1v) is 24.3. The molecule has 13 nitrogen and oxygen atoms in total. The summed E-state index contributed by atoms with van der Waals surface area (Å²) in [6.07, 6.45) is 11.0. The van der Waals surface area contributed by atoms with Crippen LogP contribution in [-0.2, 0) is 14.8 Å². The van der Waals surface area contributed by atoms with Crippen molar-refractivity contribution in [1.82, 2.24) is 29.5 Å². The van der Waals surface area contributed by atoms with E-state index in [-0.39, 0.29) is 39.1 Å². The van der Waals surface area contributed by atoms with Gasteiger partial charge < -0.3 is 24.1 Å². The number of halogens is 3. The Balaban J connectivity index is 0.816. The number of fused-ring (bicyclic) bond motifs is 1. The number of nitrogens with one attached hydrogen (secondary N) is 2. The molecular formula is C47H50Cl2FN7O6S. The molecule has 5 aromatic rings. The number of carbonyl (C=O) groups is 1.